The van der Waals surface area contributed by atoms with Gasteiger partial charge in [-0.25, -0.2) is 9.59 Å². The molecule has 0 aliphatic heterocycles. The minimum Gasteiger partial charge on any atom is -0.464 e. The molecule has 1 aromatic heterocycles. The highest BCUT2D eigenvalue weighted by molar-refractivity contribution is 5.88. The number of carbonyl (C=O) groups excluding carboxylic acids is 1. The summed E-state index contributed by atoms with van der Waals surface area (Å²) in [5.41, 5.74) is 0.622. The van der Waals surface area contributed by atoms with Crippen LogP contribution in [0.25, 0.3) is 0 Å². The predicted molar refractivity (Wildman–Crippen MR) is 59.6 cm³/mol. The van der Waals surface area contributed by atoms with Crippen molar-refractivity contribution in [1.29, 1.82) is 0 Å². The minimum atomic E-state index is -0.508. The normalized spacial score (nSPS) is 10.8. The third-order valence-corrected chi connectivity index (χ3v) is 2.42. The van der Waals surface area contributed by atoms with Crippen LogP contribution in [0, 0.1) is 0 Å². The van der Waals surface area contributed by atoms with Gasteiger partial charge in [-0.15, -0.1) is 0 Å². The third-order valence-electron chi connectivity index (χ3n) is 2.42. The van der Waals surface area contributed by atoms with Gasteiger partial charge in [0.25, 0.3) is 0 Å². The molecule has 0 bridgehead atoms. The molecule has 0 radical (unpaired) electrons. The summed E-state index contributed by atoms with van der Waals surface area (Å²) >= 11 is 0. The molecule has 6 heteroatoms. The molecule has 0 unspecified atom stereocenters. The molecule has 90 valence electrons. The van der Waals surface area contributed by atoms with Crippen LogP contribution in [0.5, 0.6) is 0 Å². The number of likely N-dealkylation sites (N-methyl/N-ethyl adjacent to an activating group) is 1. The molecule has 0 atom stereocenters. The number of H-pyrrole nitrogens is 1. The maximum atomic E-state index is 11.4. The molecule has 6 nitrogen and oxygen atoms in total. The van der Waals surface area contributed by atoms with Crippen molar-refractivity contribution in [1.82, 2.24) is 14.5 Å². The molecule has 0 saturated carbocycles. The van der Waals surface area contributed by atoms with Gasteiger partial charge in [-0.1, -0.05) is 0 Å². The highest BCUT2D eigenvalue weighted by atomic mass is 16.5. The third kappa shape index (κ3) is 2.52. The van der Waals surface area contributed by atoms with Crippen molar-refractivity contribution in [3.05, 3.63) is 21.9 Å². The molecule has 0 spiro atoms. The summed E-state index contributed by atoms with van der Waals surface area (Å²) in [6.45, 7) is 0.759. The largest absolute Gasteiger partial charge is 0.464 e. The second kappa shape index (κ2) is 4.98. The Bertz CT molecular complexity index is 431. The number of nitrogens with one attached hydrogen (secondary N) is 1. The fourth-order valence-electron chi connectivity index (χ4n) is 1.45. The van der Waals surface area contributed by atoms with Crippen LogP contribution in [0.4, 0.5) is 0 Å². The quantitative estimate of drug-likeness (QED) is 0.711. The first-order valence-corrected chi connectivity index (χ1v) is 4.98. The topological polar surface area (TPSA) is 67.3 Å². The number of hydrogen-bond acceptors (Lipinski definition) is 4. The lowest BCUT2D eigenvalue weighted by Crippen LogP contribution is -2.20. The van der Waals surface area contributed by atoms with Crippen LogP contribution in [0.1, 0.15) is 16.2 Å². The van der Waals surface area contributed by atoms with Crippen molar-refractivity contribution in [2.24, 2.45) is 7.05 Å². The molecule has 1 rings (SSSR count). The highest BCUT2D eigenvalue weighted by Gasteiger charge is 2.18. The zero-order valence-corrected chi connectivity index (χ0v) is 10.0. The Morgan fingerprint density at radius 1 is 1.50 bits per heavy atom. The summed E-state index contributed by atoms with van der Waals surface area (Å²) < 4.78 is 6.06. The van der Waals surface area contributed by atoms with E-state index in [4.69, 9.17) is 0 Å². The van der Waals surface area contributed by atoms with Gasteiger partial charge in [-0.05, 0) is 14.1 Å². The standard InChI is InChI=1S/C10H17N3O3/c1-12(2)6-5-7-8(9(14)16-4)11-10(15)13(7)3/h5-6H2,1-4H3,(H,11,15). The van der Waals surface area contributed by atoms with Crippen LogP contribution in [0.15, 0.2) is 4.79 Å². The number of aromatic nitrogens is 2. The number of rotatable bonds is 4. The summed E-state index contributed by atoms with van der Waals surface area (Å²) in [4.78, 5) is 27.3. The van der Waals surface area contributed by atoms with E-state index in [2.05, 4.69) is 9.72 Å². The number of ether oxygens (including phenoxy) is 1. The Kier molecular flexibility index (Phi) is 3.89. The molecule has 0 aliphatic carbocycles. The second-order valence-corrected chi connectivity index (χ2v) is 3.86. The predicted octanol–water partition coefficient (Wildman–Crippen LogP) is -0.396. The first kappa shape index (κ1) is 12.5. The van der Waals surface area contributed by atoms with E-state index < -0.39 is 5.97 Å². The Morgan fingerprint density at radius 2 is 2.12 bits per heavy atom. The van der Waals surface area contributed by atoms with Gasteiger partial charge in [0.05, 0.1) is 12.8 Å². The number of methoxy groups -OCH3 is 1. The smallest absolute Gasteiger partial charge is 0.356 e. The van der Waals surface area contributed by atoms with Crippen LogP contribution >= 0.6 is 0 Å². The van der Waals surface area contributed by atoms with Gasteiger partial charge in [-0.3, -0.25) is 9.55 Å². The molecule has 0 aromatic carbocycles. The number of hydrogen-bond donors (Lipinski definition) is 1. The zero-order valence-electron chi connectivity index (χ0n) is 10.0. The molecule has 1 aromatic rings. The van der Waals surface area contributed by atoms with Gasteiger partial charge in [0.15, 0.2) is 0 Å². The molecule has 1 N–H and O–H groups in total. The van der Waals surface area contributed by atoms with Crippen molar-refractivity contribution < 1.29 is 9.53 Å². The van der Waals surface area contributed by atoms with Crippen molar-refractivity contribution >= 4 is 5.97 Å². The lowest BCUT2D eigenvalue weighted by Gasteiger charge is -2.10. The Labute approximate surface area is 93.8 Å². The van der Waals surface area contributed by atoms with Gasteiger partial charge in [-0.2, -0.15) is 0 Å². The van der Waals surface area contributed by atoms with Gasteiger partial charge in [0.2, 0.25) is 0 Å². The number of imidazole rings is 1. The van der Waals surface area contributed by atoms with Crippen molar-refractivity contribution in [2.75, 3.05) is 27.7 Å². The summed E-state index contributed by atoms with van der Waals surface area (Å²) in [5, 5.41) is 0. The molecule has 1 heterocycles. The number of carbonyl (C=O) groups is 1. The zero-order chi connectivity index (χ0) is 12.3. The fraction of sp³-hybridized carbons (Fsp3) is 0.600. The maximum Gasteiger partial charge on any atom is 0.356 e. The number of aromatic amines is 1. The SMILES string of the molecule is COC(=O)c1[nH]c(=O)n(C)c1CCN(C)C. The number of esters is 1. The van der Waals surface area contributed by atoms with E-state index in [9.17, 15) is 9.59 Å². The van der Waals surface area contributed by atoms with E-state index >= 15 is 0 Å². The van der Waals surface area contributed by atoms with Crippen molar-refractivity contribution in [2.45, 2.75) is 6.42 Å². The van der Waals surface area contributed by atoms with E-state index in [0.29, 0.717) is 12.1 Å². The molecule has 0 saturated heterocycles. The van der Waals surface area contributed by atoms with E-state index in [1.165, 1.54) is 11.7 Å². The molecule has 0 amide bonds. The summed E-state index contributed by atoms with van der Waals surface area (Å²) in [6.07, 6.45) is 0.618. The van der Waals surface area contributed by atoms with Gasteiger partial charge in [0, 0.05) is 20.0 Å². The summed E-state index contributed by atoms with van der Waals surface area (Å²) in [6, 6.07) is 0. The molecule has 16 heavy (non-hydrogen) atoms. The van der Waals surface area contributed by atoms with Crippen LogP contribution in [-0.4, -0.2) is 48.2 Å². The maximum absolute atomic E-state index is 11.4. The van der Waals surface area contributed by atoms with Crippen molar-refractivity contribution in [3.8, 4) is 0 Å². The van der Waals surface area contributed by atoms with E-state index in [-0.39, 0.29) is 11.4 Å². The average Bonchev–Trinajstić information content (AvgIpc) is 2.52. The van der Waals surface area contributed by atoms with Gasteiger partial charge < -0.3 is 9.64 Å². The Morgan fingerprint density at radius 3 is 2.62 bits per heavy atom. The van der Waals surface area contributed by atoms with E-state index in [0.717, 1.165) is 6.54 Å². The van der Waals surface area contributed by atoms with E-state index in [1.807, 2.05) is 19.0 Å². The Hall–Kier alpha value is -1.56. The molecule has 0 aliphatic rings. The average molecular weight is 227 g/mol. The van der Waals surface area contributed by atoms with Gasteiger partial charge in [0.1, 0.15) is 5.69 Å². The van der Waals surface area contributed by atoms with Crippen molar-refractivity contribution in [3.63, 3.8) is 0 Å². The second-order valence-electron chi connectivity index (χ2n) is 3.86. The van der Waals surface area contributed by atoms with Crippen LogP contribution in [0.3, 0.4) is 0 Å². The van der Waals surface area contributed by atoms with Crippen LogP contribution < -0.4 is 5.69 Å². The summed E-state index contributed by atoms with van der Waals surface area (Å²) in [7, 11) is 6.80. The summed E-state index contributed by atoms with van der Waals surface area (Å²) in [5.74, 6) is -0.508. The van der Waals surface area contributed by atoms with Crippen LogP contribution in [0.2, 0.25) is 0 Å². The first-order valence-electron chi connectivity index (χ1n) is 4.98. The van der Waals surface area contributed by atoms with Gasteiger partial charge >= 0.3 is 11.7 Å². The Balaban J connectivity index is 3.04. The minimum absolute atomic E-state index is 0.247. The lowest BCUT2D eigenvalue weighted by molar-refractivity contribution is 0.0593. The van der Waals surface area contributed by atoms with Crippen LogP contribution in [-0.2, 0) is 18.2 Å². The monoisotopic (exact) mass is 227 g/mol. The first-order chi connectivity index (χ1) is 7.47. The molecular formula is C10H17N3O3. The molecular weight excluding hydrogens is 210 g/mol. The van der Waals surface area contributed by atoms with E-state index in [1.54, 1.807) is 7.05 Å². The molecule has 0 fully saturated rings. The fourth-order valence-corrected chi connectivity index (χ4v) is 1.45. The highest BCUT2D eigenvalue weighted by Crippen LogP contribution is 2.06. The number of nitrogens with zero attached hydrogens (tertiary/aromatic N) is 2. The lowest BCUT2D eigenvalue weighted by atomic mass is 10.2.